The normalized spacial score (nSPS) is 20.0. The first-order chi connectivity index (χ1) is 15.5. The summed E-state index contributed by atoms with van der Waals surface area (Å²) in [7, 11) is 0. The summed E-state index contributed by atoms with van der Waals surface area (Å²) in [6.07, 6.45) is 7.41. The number of aromatic nitrogens is 3. The monoisotopic (exact) mass is 438 g/mol. The Balaban J connectivity index is 1.58. The summed E-state index contributed by atoms with van der Waals surface area (Å²) in [6.45, 7) is 6.04. The fourth-order valence-electron chi connectivity index (χ4n) is 4.51. The van der Waals surface area contributed by atoms with Crippen molar-refractivity contribution >= 4 is 29.4 Å². The van der Waals surface area contributed by atoms with Gasteiger partial charge in [0, 0.05) is 29.9 Å². The SMILES string of the molecule is Cc1ccc(C(N)=O)cc1Nc1nc(NC2CCNC2)nc(NC(C)C2CCCCC2)n1. The van der Waals surface area contributed by atoms with Crippen molar-refractivity contribution in [2.45, 2.75) is 64.5 Å². The molecule has 32 heavy (non-hydrogen) atoms. The maximum atomic E-state index is 11.6. The second-order valence-corrected chi connectivity index (χ2v) is 8.99. The van der Waals surface area contributed by atoms with Crippen LogP contribution in [0.3, 0.4) is 0 Å². The van der Waals surface area contributed by atoms with E-state index in [0.29, 0.717) is 29.3 Å². The summed E-state index contributed by atoms with van der Waals surface area (Å²) in [5.74, 6) is 1.68. The first-order valence-corrected chi connectivity index (χ1v) is 11.7. The van der Waals surface area contributed by atoms with Gasteiger partial charge in [-0.05, 0) is 63.3 Å². The molecule has 0 bridgehead atoms. The van der Waals surface area contributed by atoms with Crippen LogP contribution in [-0.2, 0) is 0 Å². The summed E-state index contributed by atoms with van der Waals surface area (Å²) in [4.78, 5) is 25.5. The Bertz CT molecular complexity index is 938. The number of rotatable bonds is 8. The highest BCUT2D eigenvalue weighted by Gasteiger charge is 2.22. The van der Waals surface area contributed by atoms with Crippen molar-refractivity contribution < 1.29 is 4.79 Å². The van der Waals surface area contributed by atoms with Gasteiger partial charge in [0.25, 0.3) is 0 Å². The van der Waals surface area contributed by atoms with E-state index in [2.05, 4.69) is 43.1 Å². The predicted molar refractivity (Wildman–Crippen MR) is 127 cm³/mol. The molecule has 1 aromatic heterocycles. The molecule has 2 aromatic rings. The molecule has 2 unspecified atom stereocenters. The van der Waals surface area contributed by atoms with Crippen molar-refractivity contribution in [3.8, 4) is 0 Å². The highest BCUT2D eigenvalue weighted by Crippen LogP contribution is 2.28. The van der Waals surface area contributed by atoms with Crippen LogP contribution in [-0.4, -0.2) is 46.0 Å². The summed E-state index contributed by atoms with van der Waals surface area (Å²) >= 11 is 0. The lowest BCUT2D eigenvalue weighted by molar-refractivity contribution is 0.100. The number of nitrogens with two attached hydrogens (primary N) is 1. The Morgan fingerprint density at radius 1 is 1.09 bits per heavy atom. The predicted octanol–water partition coefficient (Wildman–Crippen LogP) is 3.18. The van der Waals surface area contributed by atoms with Crippen LogP contribution in [0.15, 0.2) is 18.2 Å². The molecule has 1 saturated heterocycles. The molecule has 2 aliphatic rings. The van der Waals surface area contributed by atoms with Gasteiger partial charge in [0.1, 0.15) is 0 Å². The number of anilines is 4. The molecule has 9 heteroatoms. The topological polar surface area (TPSA) is 130 Å². The van der Waals surface area contributed by atoms with Gasteiger partial charge in [-0.1, -0.05) is 25.3 Å². The standard InChI is InChI=1S/C23H34N8O/c1-14-8-9-17(20(24)32)12-19(14)28-23-30-21(26-15(2)16-6-4-3-5-7-16)29-22(31-23)27-18-10-11-25-13-18/h8-9,12,15-16,18,25H,3-7,10-11,13H2,1-2H3,(H2,24,32)(H3,26,27,28,29,30,31). The maximum absolute atomic E-state index is 11.6. The van der Waals surface area contributed by atoms with Crippen LogP contribution >= 0.6 is 0 Å². The van der Waals surface area contributed by atoms with Gasteiger partial charge < -0.3 is 27.0 Å². The Morgan fingerprint density at radius 3 is 2.56 bits per heavy atom. The highest BCUT2D eigenvalue weighted by molar-refractivity contribution is 5.94. The minimum atomic E-state index is -0.469. The quantitative estimate of drug-likeness (QED) is 0.425. The second-order valence-electron chi connectivity index (χ2n) is 8.99. The molecule has 1 aromatic carbocycles. The number of carbonyl (C=O) groups is 1. The smallest absolute Gasteiger partial charge is 0.248 e. The van der Waals surface area contributed by atoms with E-state index in [1.54, 1.807) is 12.1 Å². The van der Waals surface area contributed by atoms with Gasteiger partial charge >= 0.3 is 0 Å². The molecule has 0 radical (unpaired) electrons. The van der Waals surface area contributed by atoms with E-state index in [0.717, 1.165) is 30.8 Å². The molecule has 0 spiro atoms. The highest BCUT2D eigenvalue weighted by atomic mass is 16.1. The molecule has 1 saturated carbocycles. The Kier molecular flexibility index (Phi) is 7.04. The third-order valence-electron chi connectivity index (χ3n) is 6.51. The van der Waals surface area contributed by atoms with Crippen LogP contribution in [0.5, 0.6) is 0 Å². The van der Waals surface area contributed by atoms with E-state index in [1.165, 1.54) is 32.1 Å². The van der Waals surface area contributed by atoms with E-state index in [-0.39, 0.29) is 12.1 Å². The van der Waals surface area contributed by atoms with Crippen LogP contribution < -0.4 is 27.0 Å². The summed E-state index contributed by atoms with van der Waals surface area (Å²) < 4.78 is 0. The summed E-state index contributed by atoms with van der Waals surface area (Å²) in [6, 6.07) is 5.87. The second kappa shape index (κ2) is 10.1. The molecule has 1 amide bonds. The Morgan fingerprint density at radius 2 is 1.84 bits per heavy atom. The number of hydrogen-bond donors (Lipinski definition) is 5. The Hall–Kier alpha value is -2.94. The van der Waals surface area contributed by atoms with E-state index in [9.17, 15) is 4.79 Å². The number of benzene rings is 1. The van der Waals surface area contributed by atoms with Crippen LogP contribution in [0.2, 0.25) is 0 Å². The molecule has 2 fully saturated rings. The third-order valence-corrected chi connectivity index (χ3v) is 6.51. The zero-order valence-corrected chi connectivity index (χ0v) is 18.9. The number of hydrogen-bond acceptors (Lipinski definition) is 8. The van der Waals surface area contributed by atoms with Gasteiger partial charge in [-0.15, -0.1) is 0 Å². The first kappa shape index (κ1) is 22.3. The summed E-state index contributed by atoms with van der Waals surface area (Å²) in [5.41, 5.74) is 7.60. The lowest BCUT2D eigenvalue weighted by atomic mass is 9.85. The molecule has 1 aliphatic carbocycles. The van der Waals surface area contributed by atoms with E-state index in [4.69, 9.17) is 5.73 Å². The average molecular weight is 439 g/mol. The van der Waals surface area contributed by atoms with Crippen LogP contribution in [0.25, 0.3) is 0 Å². The molecular weight excluding hydrogens is 404 g/mol. The van der Waals surface area contributed by atoms with Crippen molar-refractivity contribution in [3.05, 3.63) is 29.3 Å². The zero-order valence-electron chi connectivity index (χ0n) is 18.9. The van der Waals surface area contributed by atoms with Gasteiger partial charge in [0.05, 0.1) is 0 Å². The number of nitrogens with zero attached hydrogens (tertiary/aromatic N) is 3. The van der Waals surface area contributed by atoms with Crippen LogP contribution in [0.4, 0.5) is 23.5 Å². The number of nitrogens with one attached hydrogen (secondary N) is 4. The third kappa shape index (κ3) is 5.64. The van der Waals surface area contributed by atoms with Crippen molar-refractivity contribution in [2.24, 2.45) is 11.7 Å². The van der Waals surface area contributed by atoms with Gasteiger partial charge in [0.15, 0.2) is 0 Å². The summed E-state index contributed by atoms with van der Waals surface area (Å²) in [5, 5.41) is 13.6. The first-order valence-electron chi connectivity index (χ1n) is 11.7. The molecule has 2 heterocycles. The average Bonchev–Trinajstić information content (AvgIpc) is 3.28. The van der Waals surface area contributed by atoms with Crippen molar-refractivity contribution in [1.82, 2.24) is 20.3 Å². The molecule has 172 valence electrons. The fourth-order valence-corrected chi connectivity index (χ4v) is 4.51. The van der Waals surface area contributed by atoms with Crippen molar-refractivity contribution in [3.63, 3.8) is 0 Å². The van der Waals surface area contributed by atoms with Crippen molar-refractivity contribution in [1.29, 1.82) is 0 Å². The molecule has 4 rings (SSSR count). The number of aryl methyl sites for hydroxylation is 1. The zero-order chi connectivity index (χ0) is 22.5. The molecular formula is C23H34N8O. The molecule has 9 nitrogen and oxygen atoms in total. The minimum absolute atomic E-state index is 0.284. The fraction of sp³-hybridized carbons (Fsp3) is 0.565. The molecule has 2 atom stereocenters. The van der Waals surface area contributed by atoms with Gasteiger partial charge in [-0.2, -0.15) is 15.0 Å². The van der Waals surface area contributed by atoms with E-state index in [1.807, 2.05) is 13.0 Å². The largest absolute Gasteiger partial charge is 0.366 e. The Labute approximate surface area is 189 Å². The number of carbonyl (C=O) groups excluding carboxylic acids is 1. The molecule has 6 N–H and O–H groups in total. The molecule has 1 aliphatic heterocycles. The van der Waals surface area contributed by atoms with Gasteiger partial charge in [0.2, 0.25) is 23.8 Å². The lowest BCUT2D eigenvalue weighted by Gasteiger charge is -2.28. The van der Waals surface area contributed by atoms with Crippen LogP contribution in [0.1, 0.15) is 61.4 Å². The van der Waals surface area contributed by atoms with Gasteiger partial charge in [-0.3, -0.25) is 4.79 Å². The van der Waals surface area contributed by atoms with E-state index >= 15 is 0 Å². The van der Waals surface area contributed by atoms with Crippen molar-refractivity contribution in [2.75, 3.05) is 29.0 Å². The lowest BCUT2D eigenvalue weighted by Crippen LogP contribution is -2.29. The maximum Gasteiger partial charge on any atom is 0.248 e. The van der Waals surface area contributed by atoms with E-state index < -0.39 is 5.91 Å². The minimum Gasteiger partial charge on any atom is -0.366 e. The number of amides is 1. The van der Waals surface area contributed by atoms with Crippen LogP contribution in [0, 0.1) is 12.8 Å². The number of primary amides is 1. The van der Waals surface area contributed by atoms with Gasteiger partial charge in [-0.25, -0.2) is 0 Å².